The predicted octanol–water partition coefficient (Wildman–Crippen LogP) is -1.26. The third-order valence-electron chi connectivity index (χ3n) is 1.08. The zero-order chi connectivity index (χ0) is 6.85. The lowest BCUT2D eigenvalue weighted by Crippen LogP contribution is -2.48. The molecule has 1 radical (unpaired) electrons. The minimum absolute atomic E-state index is 0.131. The van der Waals surface area contributed by atoms with E-state index in [0.717, 1.165) is 0 Å². The number of Topliss-reactive ketones (excluding diaryl/α,β-unsaturated/α-hetero) is 1. The highest BCUT2D eigenvalue weighted by Crippen LogP contribution is 1.89. The summed E-state index contributed by atoms with van der Waals surface area (Å²) in [4.78, 5) is 22.4. The summed E-state index contributed by atoms with van der Waals surface area (Å²) in [7, 11) is 3.48. The highest BCUT2D eigenvalue weighted by molar-refractivity contribution is 6.37. The second-order valence-electron chi connectivity index (χ2n) is 1.92. The Bertz CT molecular complexity index is 155. The highest BCUT2D eigenvalue weighted by Gasteiger charge is 2.20. The Morgan fingerprint density at radius 3 is 2.67 bits per heavy atom. The van der Waals surface area contributed by atoms with E-state index < -0.39 is 11.7 Å². The van der Waals surface area contributed by atoms with Gasteiger partial charge in [0.25, 0.3) is 5.91 Å². The van der Waals surface area contributed by atoms with Crippen molar-refractivity contribution in [2.75, 3.05) is 13.2 Å². The van der Waals surface area contributed by atoms with Gasteiger partial charge in [0.05, 0.1) is 13.2 Å². The van der Waals surface area contributed by atoms with Crippen LogP contribution in [0.15, 0.2) is 0 Å². The van der Waals surface area contributed by atoms with Gasteiger partial charge in [0.2, 0.25) is 5.78 Å². The quantitative estimate of drug-likeness (QED) is 0.413. The SMILES string of the molecule is [CH2]N1CNC(=O)C(=O)C1. The number of ketones is 1. The van der Waals surface area contributed by atoms with Crippen molar-refractivity contribution in [3.63, 3.8) is 0 Å². The normalized spacial score (nSPS) is 21.9. The third kappa shape index (κ3) is 1.26. The summed E-state index contributed by atoms with van der Waals surface area (Å²) in [6, 6.07) is 0. The van der Waals surface area contributed by atoms with E-state index in [-0.39, 0.29) is 6.54 Å². The van der Waals surface area contributed by atoms with Crippen LogP contribution in [0.25, 0.3) is 0 Å². The van der Waals surface area contributed by atoms with Gasteiger partial charge < -0.3 is 5.32 Å². The molecule has 0 aromatic heterocycles. The lowest BCUT2D eigenvalue weighted by molar-refractivity contribution is -0.140. The summed E-state index contributed by atoms with van der Waals surface area (Å²) in [6.07, 6.45) is 0. The average molecular weight is 127 g/mol. The molecule has 1 aliphatic rings. The molecule has 1 fully saturated rings. The highest BCUT2D eigenvalue weighted by atomic mass is 16.2. The van der Waals surface area contributed by atoms with Crippen molar-refractivity contribution in [2.45, 2.75) is 0 Å². The largest absolute Gasteiger partial charge is 0.337 e. The molecule has 0 atom stereocenters. The number of amides is 1. The topological polar surface area (TPSA) is 49.4 Å². The molecular formula is C5H7N2O2. The van der Waals surface area contributed by atoms with E-state index in [0.29, 0.717) is 6.67 Å². The molecule has 1 rings (SSSR count). The molecule has 1 N–H and O–H groups in total. The Kier molecular flexibility index (Phi) is 1.48. The van der Waals surface area contributed by atoms with Gasteiger partial charge in [-0.3, -0.25) is 14.5 Å². The predicted molar refractivity (Wildman–Crippen MR) is 30.1 cm³/mol. The van der Waals surface area contributed by atoms with Crippen LogP contribution in [0.4, 0.5) is 0 Å². The Morgan fingerprint density at radius 2 is 2.22 bits per heavy atom. The van der Waals surface area contributed by atoms with Gasteiger partial charge in [0, 0.05) is 7.05 Å². The van der Waals surface area contributed by atoms with Crippen molar-refractivity contribution < 1.29 is 9.59 Å². The van der Waals surface area contributed by atoms with E-state index >= 15 is 0 Å². The fraction of sp³-hybridized carbons (Fsp3) is 0.400. The number of nitrogens with zero attached hydrogens (tertiary/aromatic N) is 1. The van der Waals surface area contributed by atoms with E-state index in [1.807, 2.05) is 0 Å². The van der Waals surface area contributed by atoms with Gasteiger partial charge in [-0.1, -0.05) is 0 Å². The van der Waals surface area contributed by atoms with Crippen LogP contribution in [0.1, 0.15) is 0 Å². The zero-order valence-corrected chi connectivity index (χ0v) is 4.89. The summed E-state index contributed by atoms with van der Waals surface area (Å²) >= 11 is 0. The van der Waals surface area contributed by atoms with Crippen LogP contribution in [0.2, 0.25) is 0 Å². The number of rotatable bonds is 0. The number of hydrogen-bond acceptors (Lipinski definition) is 3. The number of carbonyl (C=O) groups is 2. The van der Waals surface area contributed by atoms with E-state index in [2.05, 4.69) is 12.4 Å². The molecule has 0 saturated carbocycles. The van der Waals surface area contributed by atoms with E-state index in [4.69, 9.17) is 0 Å². The molecule has 1 aliphatic heterocycles. The first kappa shape index (κ1) is 6.22. The fourth-order valence-corrected chi connectivity index (χ4v) is 0.613. The standard InChI is InChI=1S/C5H7N2O2/c1-7-2-4(8)5(9)6-3-7/h1-3H2,(H,6,9). The molecular weight excluding hydrogens is 120 g/mol. The minimum Gasteiger partial charge on any atom is -0.337 e. The molecule has 0 aromatic carbocycles. The molecule has 1 saturated heterocycles. The second kappa shape index (κ2) is 2.14. The lowest BCUT2D eigenvalue weighted by atomic mass is 10.3. The number of carbonyl (C=O) groups excluding carboxylic acids is 2. The van der Waals surface area contributed by atoms with Crippen LogP contribution in [0.3, 0.4) is 0 Å². The van der Waals surface area contributed by atoms with Gasteiger partial charge in [-0.2, -0.15) is 0 Å². The molecule has 0 bridgehead atoms. The summed E-state index contributed by atoms with van der Waals surface area (Å²) < 4.78 is 0. The Balaban J connectivity index is 2.54. The second-order valence-corrected chi connectivity index (χ2v) is 1.92. The summed E-state index contributed by atoms with van der Waals surface area (Å²) in [6.45, 7) is 0.496. The maximum absolute atomic E-state index is 10.5. The van der Waals surface area contributed by atoms with Crippen LogP contribution >= 0.6 is 0 Å². The van der Waals surface area contributed by atoms with Crippen molar-refractivity contribution in [2.24, 2.45) is 0 Å². The molecule has 4 heteroatoms. The van der Waals surface area contributed by atoms with Crippen LogP contribution in [-0.4, -0.2) is 29.8 Å². The molecule has 0 spiro atoms. The van der Waals surface area contributed by atoms with Crippen molar-refractivity contribution >= 4 is 11.7 Å². The monoisotopic (exact) mass is 127 g/mol. The smallest absolute Gasteiger partial charge is 0.289 e. The Morgan fingerprint density at radius 1 is 1.56 bits per heavy atom. The van der Waals surface area contributed by atoms with Crippen LogP contribution in [0.5, 0.6) is 0 Å². The minimum atomic E-state index is -0.505. The van der Waals surface area contributed by atoms with Gasteiger partial charge in [-0.05, 0) is 0 Å². The maximum atomic E-state index is 10.5. The zero-order valence-electron chi connectivity index (χ0n) is 4.89. The molecule has 0 unspecified atom stereocenters. The van der Waals surface area contributed by atoms with Crippen LogP contribution < -0.4 is 5.32 Å². The molecule has 1 amide bonds. The molecule has 0 aliphatic carbocycles. The van der Waals surface area contributed by atoms with Crippen LogP contribution in [0, 0.1) is 7.05 Å². The first-order chi connectivity index (χ1) is 4.20. The summed E-state index contributed by atoms with van der Waals surface area (Å²) in [5.41, 5.74) is 0. The lowest BCUT2D eigenvalue weighted by Gasteiger charge is -2.20. The molecule has 9 heavy (non-hydrogen) atoms. The van der Waals surface area contributed by atoms with Crippen LogP contribution in [-0.2, 0) is 9.59 Å². The van der Waals surface area contributed by atoms with Gasteiger partial charge in [0.1, 0.15) is 0 Å². The molecule has 1 heterocycles. The molecule has 4 nitrogen and oxygen atoms in total. The van der Waals surface area contributed by atoms with Gasteiger partial charge in [-0.15, -0.1) is 0 Å². The molecule has 0 aromatic rings. The van der Waals surface area contributed by atoms with Crippen molar-refractivity contribution in [1.29, 1.82) is 0 Å². The first-order valence-corrected chi connectivity index (χ1v) is 2.56. The summed E-state index contributed by atoms with van der Waals surface area (Å²) in [5.74, 6) is -0.925. The average Bonchev–Trinajstić information content (AvgIpc) is 1.80. The Labute approximate surface area is 52.8 Å². The fourth-order valence-electron chi connectivity index (χ4n) is 0.613. The first-order valence-electron chi connectivity index (χ1n) is 2.56. The maximum Gasteiger partial charge on any atom is 0.289 e. The third-order valence-corrected chi connectivity index (χ3v) is 1.08. The molecule has 49 valence electrons. The van der Waals surface area contributed by atoms with E-state index in [1.165, 1.54) is 4.90 Å². The van der Waals surface area contributed by atoms with Crippen molar-refractivity contribution in [3.05, 3.63) is 7.05 Å². The van der Waals surface area contributed by atoms with Gasteiger partial charge >= 0.3 is 0 Å². The van der Waals surface area contributed by atoms with E-state index in [1.54, 1.807) is 0 Å². The van der Waals surface area contributed by atoms with Crippen molar-refractivity contribution in [1.82, 2.24) is 10.2 Å². The van der Waals surface area contributed by atoms with Gasteiger partial charge in [0.15, 0.2) is 0 Å². The van der Waals surface area contributed by atoms with Gasteiger partial charge in [-0.25, -0.2) is 0 Å². The number of nitrogens with one attached hydrogen (secondary N) is 1. The van der Waals surface area contributed by atoms with Crippen molar-refractivity contribution in [3.8, 4) is 0 Å². The Hall–Kier alpha value is -0.900. The number of hydrogen-bond donors (Lipinski definition) is 1. The van der Waals surface area contributed by atoms with E-state index in [9.17, 15) is 9.59 Å². The summed E-state index contributed by atoms with van der Waals surface area (Å²) in [5, 5.41) is 2.36.